The highest BCUT2D eigenvalue weighted by molar-refractivity contribution is 8.00. The molecule has 0 aromatic heterocycles. The number of hydrogen-bond acceptors (Lipinski definition) is 3. The molecule has 19 heavy (non-hydrogen) atoms. The van der Waals surface area contributed by atoms with Gasteiger partial charge in [-0.3, -0.25) is 4.79 Å². The van der Waals surface area contributed by atoms with E-state index < -0.39 is 0 Å². The third kappa shape index (κ3) is 4.08. The molecule has 2 rings (SSSR count). The number of hydrogen-bond donors (Lipinski definition) is 0. The number of carbonyl (C=O) groups excluding carboxylic acids is 1. The fraction of sp³-hybridized carbons (Fsp3) is 0.562. The molecule has 0 N–H and O–H groups in total. The number of carbonyl (C=O) groups is 1. The summed E-state index contributed by atoms with van der Waals surface area (Å²) in [5, 5.41) is 0.475. The second kappa shape index (κ2) is 7.11. The van der Waals surface area contributed by atoms with Crippen LogP contribution < -0.4 is 0 Å². The van der Waals surface area contributed by atoms with E-state index >= 15 is 0 Å². The maximum Gasteiger partial charge on any atom is 0.172 e. The van der Waals surface area contributed by atoms with Gasteiger partial charge in [-0.15, -0.1) is 11.8 Å². The maximum absolute atomic E-state index is 12.1. The molecule has 0 bridgehead atoms. The Labute approximate surface area is 119 Å². The van der Waals surface area contributed by atoms with Gasteiger partial charge in [0.15, 0.2) is 5.78 Å². The smallest absolute Gasteiger partial charge is 0.172 e. The lowest BCUT2D eigenvalue weighted by Crippen LogP contribution is -2.16. The molecule has 0 amide bonds. The topological polar surface area (TPSA) is 26.3 Å². The standard InChI is InChI=1S/C16H22O2S/c1-3-4-13-5-7-14(8-6-13)15(17)11-19-16-9-10-18-12(16)2/h5-8,12,16H,3-4,9-11H2,1-2H3. The lowest BCUT2D eigenvalue weighted by molar-refractivity contribution is 0.102. The van der Waals surface area contributed by atoms with Gasteiger partial charge in [0.1, 0.15) is 0 Å². The van der Waals surface area contributed by atoms with Gasteiger partial charge >= 0.3 is 0 Å². The molecule has 1 aliphatic rings. The molecule has 1 aromatic rings. The van der Waals surface area contributed by atoms with Crippen molar-refractivity contribution in [3.8, 4) is 0 Å². The molecule has 1 heterocycles. The summed E-state index contributed by atoms with van der Waals surface area (Å²) in [6.45, 7) is 5.09. The number of thioether (sulfide) groups is 1. The second-order valence-electron chi connectivity index (χ2n) is 5.08. The van der Waals surface area contributed by atoms with Crippen molar-refractivity contribution in [2.24, 2.45) is 0 Å². The van der Waals surface area contributed by atoms with Crippen LogP contribution in [-0.2, 0) is 11.2 Å². The highest BCUT2D eigenvalue weighted by atomic mass is 32.2. The monoisotopic (exact) mass is 278 g/mol. The van der Waals surface area contributed by atoms with Gasteiger partial charge in [-0.05, 0) is 25.3 Å². The van der Waals surface area contributed by atoms with Crippen molar-refractivity contribution in [1.29, 1.82) is 0 Å². The summed E-state index contributed by atoms with van der Waals surface area (Å²) >= 11 is 1.73. The van der Waals surface area contributed by atoms with Crippen LogP contribution >= 0.6 is 11.8 Å². The first kappa shape index (κ1) is 14.6. The first-order chi connectivity index (χ1) is 9.20. The number of rotatable bonds is 6. The van der Waals surface area contributed by atoms with Gasteiger partial charge in [0, 0.05) is 17.4 Å². The molecule has 1 fully saturated rings. The van der Waals surface area contributed by atoms with Crippen LogP contribution in [0.2, 0.25) is 0 Å². The van der Waals surface area contributed by atoms with Crippen LogP contribution in [0.5, 0.6) is 0 Å². The van der Waals surface area contributed by atoms with Gasteiger partial charge in [0.2, 0.25) is 0 Å². The van der Waals surface area contributed by atoms with E-state index in [1.165, 1.54) is 5.56 Å². The van der Waals surface area contributed by atoms with E-state index in [0.29, 0.717) is 11.0 Å². The van der Waals surface area contributed by atoms with Crippen molar-refractivity contribution < 1.29 is 9.53 Å². The van der Waals surface area contributed by atoms with Gasteiger partial charge in [-0.2, -0.15) is 0 Å². The Bertz CT molecular complexity index is 413. The van der Waals surface area contributed by atoms with E-state index in [9.17, 15) is 4.79 Å². The lowest BCUT2D eigenvalue weighted by Gasteiger charge is -2.12. The summed E-state index contributed by atoms with van der Waals surface area (Å²) in [7, 11) is 0. The molecule has 104 valence electrons. The van der Waals surface area contributed by atoms with Crippen LogP contribution in [-0.4, -0.2) is 29.5 Å². The van der Waals surface area contributed by atoms with E-state index in [1.54, 1.807) is 11.8 Å². The van der Waals surface area contributed by atoms with Crippen LogP contribution in [0.4, 0.5) is 0 Å². The zero-order chi connectivity index (χ0) is 13.7. The Morgan fingerprint density at radius 3 is 2.68 bits per heavy atom. The fourth-order valence-electron chi connectivity index (χ4n) is 2.34. The van der Waals surface area contributed by atoms with Crippen LogP contribution in [0.3, 0.4) is 0 Å². The number of ether oxygens (including phenoxy) is 1. The molecule has 1 saturated heterocycles. The molecule has 0 radical (unpaired) electrons. The minimum absolute atomic E-state index is 0.229. The first-order valence-electron chi connectivity index (χ1n) is 7.06. The van der Waals surface area contributed by atoms with Crippen LogP contribution in [0.25, 0.3) is 0 Å². The predicted octanol–water partition coefficient (Wildman–Crippen LogP) is 3.73. The zero-order valence-corrected chi connectivity index (χ0v) is 12.5. The quantitative estimate of drug-likeness (QED) is 0.742. The summed E-state index contributed by atoms with van der Waals surface area (Å²) < 4.78 is 5.51. The molecule has 2 atom stereocenters. The van der Waals surface area contributed by atoms with E-state index in [1.807, 2.05) is 12.1 Å². The number of aryl methyl sites for hydroxylation is 1. The second-order valence-corrected chi connectivity index (χ2v) is 6.31. The lowest BCUT2D eigenvalue weighted by atomic mass is 10.1. The Morgan fingerprint density at radius 2 is 2.11 bits per heavy atom. The summed E-state index contributed by atoms with van der Waals surface area (Å²) in [4.78, 5) is 12.1. The molecule has 2 nitrogen and oxygen atoms in total. The van der Waals surface area contributed by atoms with Gasteiger partial charge in [0.05, 0.1) is 11.9 Å². The Balaban J connectivity index is 1.85. The van der Waals surface area contributed by atoms with E-state index in [4.69, 9.17) is 4.74 Å². The van der Waals surface area contributed by atoms with Crippen molar-refractivity contribution in [3.05, 3.63) is 35.4 Å². The van der Waals surface area contributed by atoms with Crippen molar-refractivity contribution in [2.45, 2.75) is 44.5 Å². The predicted molar refractivity (Wildman–Crippen MR) is 81.0 cm³/mol. The molecular weight excluding hydrogens is 256 g/mol. The SMILES string of the molecule is CCCc1ccc(C(=O)CSC2CCOC2C)cc1. The maximum atomic E-state index is 12.1. The van der Waals surface area contributed by atoms with Gasteiger partial charge in [-0.1, -0.05) is 37.6 Å². The normalized spacial score (nSPS) is 22.6. The largest absolute Gasteiger partial charge is 0.377 e. The highest BCUT2D eigenvalue weighted by Gasteiger charge is 2.25. The number of ketones is 1. The molecule has 3 heteroatoms. The Hall–Kier alpha value is -0.800. The van der Waals surface area contributed by atoms with E-state index in [-0.39, 0.29) is 11.9 Å². The minimum Gasteiger partial charge on any atom is -0.377 e. The third-order valence-electron chi connectivity index (χ3n) is 3.55. The number of Topliss-reactive ketones (excluding diaryl/α,β-unsaturated/α-hetero) is 1. The molecule has 0 spiro atoms. The average molecular weight is 278 g/mol. The van der Waals surface area contributed by atoms with Crippen molar-refractivity contribution in [1.82, 2.24) is 0 Å². The summed E-state index contributed by atoms with van der Waals surface area (Å²) in [6.07, 6.45) is 3.57. The molecule has 0 saturated carbocycles. The van der Waals surface area contributed by atoms with Gasteiger partial charge < -0.3 is 4.74 Å². The Kier molecular flexibility index (Phi) is 5.46. The summed E-state index contributed by atoms with van der Waals surface area (Å²) in [5.41, 5.74) is 2.14. The van der Waals surface area contributed by atoms with Crippen LogP contribution in [0.1, 0.15) is 42.6 Å². The molecule has 1 aromatic carbocycles. The van der Waals surface area contributed by atoms with Gasteiger partial charge in [0.25, 0.3) is 0 Å². The fourth-order valence-corrected chi connectivity index (χ4v) is 3.49. The minimum atomic E-state index is 0.229. The van der Waals surface area contributed by atoms with Crippen molar-refractivity contribution in [3.63, 3.8) is 0 Å². The molecule has 2 unspecified atom stereocenters. The van der Waals surface area contributed by atoms with E-state index in [2.05, 4.69) is 26.0 Å². The van der Waals surface area contributed by atoms with Crippen LogP contribution in [0, 0.1) is 0 Å². The van der Waals surface area contributed by atoms with Crippen molar-refractivity contribution in [2.75, 3.05) is 12.4 Å². The highest BCUT2D eigenvalue weighted by Crippen LogP contribution is 2.26. The Morgan fingerprint density at radius 1 is 1.37 bits per heavy atom. The first-order valence-corrected chi connectivity index (χ1v) is 8.11. The summed E-state index contributed by atoms with van der Waals surface area (Å²) in [5.74, 6) is 0.790. The molecule has 0 aliphatic carbocycles. The van der Waals surface area contributed by atoms with Crippen molar-refractivity contribution >= 4 is 17.5 Å². The zero-order valence-electron chi connectivity index (χ0n) is 11.7. The van der Waals surface area contributed by atoms with Crippen LogP contribution in [0.15, 0.2) is 24.3 Å². The van der Waals surface area contributed by atoms with E-state index in [0.717, 1.165) is 31.4 Å². The van der Waals surface area contributed by atoms with Gasteiger partial charge in [-0.25, -0.2) is 0 Å². The third-order valence-corrected chi connectivity index (χ3v) is 5.03. The summed E-state index contributed by atoms with van der Waals surface area (Å²) in [6, 6.07) is 8.07. The molecular formula is C16H22O2S. The number of benzene rings is 1. The average Bonchev–Trinajstić information content (AvgIpc) is 2.83. The molecule has 1 aliphatic heterocycles.